The van der Waals surface area contributed by atoms with Crippen LogP contribution in [0.3, 0.4) is 0 Å². The largest absolute Gasteiger partial charge is 0.490 e. The van der Waals surface area contributed by atoms with Gasteiger partial charge in [-0.1, -0.05) is 30.9 Å². The monoisotopic (exact) mass is 342 g/mol. The smallest absolute Gasteiger partial charge is 0.337 e. The van der Waals surface area contributed by atoms with Crippen molar-refractivity contribution in [3.63, 3.8) is 0 Å². The van der Waals surface area contributed by atoms with Gasteiger partial charge in [0.2, 0.25) is 0 Å². The summed E-state index contributed by atoms with van der Waals surface area (Å²) in [5.41, 5.74) is 1.65. The molecule has 2 rings (SSSR count). The van der Waals surface area contributed by atoms with Crippen LogP contribution in [0.4, 0.5) is 4.79 Å². The van der Waals surface area contributed by atoms with Crippen LogP contribution in [-0.4, -0.2) is 37.2 Å². The Morgan fingerprint density at radius 2 is 2.12 bits per heavy atom. The minimum absolute atomic E-state index is 0.299. The second-order valence-electron chi connectivity index (χ2n) is 5.44. The molecule has 1 heterocycles. The van der Waals surface area contributed by atoms with Gasteiger partial charge in [0.25, 0.3) is 0 Å². The number of urea groups is 1. The highest BCUT2D eigenvalue weighted by Gasteiger charge is 2.35. The van der Waals surface area contributed by atoms with Crippen LogP contribution >= 0.6 is 0 Å². The third-order valence-corrected chi connectivity index (χ3v) is 3.87. The second-order valence-corrected chi connectivity index (χ2v) is 5.44. The molecule has 6 nitrogen and oxygen atoms in total. The van der Waals surface area contributed by atoms with Crippen molar-refractivity contribution in [2.45, 2.75) is 13.0 Å². The molecule has 1 N–H and O–H groups in total. The molecule has 0 fully saturated rings. The maximum Gasteiger partial charge on any atom is 0.337 e. The highest BCUT2D eigenvalue weighted by Crippen LogP contribution is 2.32. The summed E-state index contributed by atoms with van der Waals surface area (Å²) in [4.78, 5) is 26.2. The predicted octanol–water partition coefficient (Wildman–Crippen LogP) is 2.95. The molecule has 0 bridgehead atoms. The summed E-state index contributed by atoms with van der Waals surface area (Å²) in [6, 6.07) is 6.30. The van der Waals surface area contributed by atoms with Gasteiger partial charge in [-0.05, 0) is 24.6 Å². The van der Waals surface area contributed by atoms with E-state index in [-0.39, 0.29) is 6.03 Å². The number of methoxy groups -OCH3 is 1. The summed E-state index contributed by atoms with van der Waals surface area (Å²) in [6.07, 6.45) is 3.24. The summed E-state index contributed by atoms with van der Waals surface area (Å²) in [7, 11) is 1.32. The molecule has 1 aliphatic rings. The molecule has 1 aromatic rings. The summed E-state index contributed by atoms with van der Waals surface area (Å²) in [6.45, 7) is 9.65. The molecular formula is C19H22N2O4. The van der Waals surface area contributed by atoms with Crippen LogP contribution in [0.1, 0.15) is 18.5 Å². The first-order chi connectivity index (χ1) is 12.0. The zero-order valence-electron chi connectivity index (χ0n) is 14.5. The molecule has 0 spiro atoms. The fourth-order valence-electron chi connectivity index (χ4n) is 2.69. The van der Waals surface area contributed by atoms with Crippen molar-refractivity contribution in [2.24, 2.45) is 0 Å². The molecule has 0 aromatic heterocycles. The van der Waals surface area contributed by atoms with Crippen LogP contribution in [0.25, 0.3) is 0 Å². The first kappa shape index (κ1) is 18.3. The molecule has 0 saturated heterocycles. The molecule has 1 atom stereocenters. The average Bonchev–Trinajstić information content (AvgIpc) is 2.62. The molecule has 0 unspecified atom stereocenters. The normalized spacial score (nSPS) is 17.0. The molecule has 0 saturated carbocycles. The standard InChI is InChI=1S/C19H22N2O4/c1-5-10-21-13(3)16(18(22)24-4)17(20-19(21)23)14-8-7-9-15(12-14)25-11-6-2/h5-9,12,17H,1-2,10-11H2,3-4H3,(H,20,23)/t17-/m1/s1. The van der Waals surface area contributed by atoms with Gasteiger partial charge < -0.3 is 14.8 Å². The van der Waals surface area contributed by atoms with Crippen molar-refractivity contribution in [1.29, 1.82) is 0 Å². The molecule has 132 valence electrons. The van der Waals surface area contributed by atoms with Crippen molar-refractivity contribution in [3.05, 3.63) is 66.4 Å². The van der Waals surface area contributed by atoms with E-state index < -0.39 is 12.0 Å². The minimum Gasteiger partial charge on any atom is -0.490 e. The number of hydrogen-bond donors (Lipinski definition) is 1. The van der Waals surface area contributed by atoms with E-state index in [4.69, 9.17) is 9.47 Å². The number of ether oxygens (including phenoxy) is 2. The number of carbonyl (C=O) groups excluding carboxylic acids is 2. The number of nitrogens with one attached hydrogen (secondary N) is 1. The lowest BCUT2D eigenvalue weighted by atomic mass is 9.94. The van der Waals surface area contributed by atoms with E-state index in [1.54, 1.807) is 37.3 Å². The van der Waals surface area contributed by atoms with Gasteiger partial charge in [-0.3, -0.25) is 4.90 Å². The number of carbonyl (C=O) groups is 2. The van der Waals surface area contributed by atoms with Gasteiger partial charge in [0.1, 0.15) is 12.4 Å². The van der Waals surface area contributed by atoms with E-state index in [9.17, 15) is 9.59 Å². The van der Waals surface area contributed by atoms with Crippen molar-refractivity contribution in [3.8, 4) is 5.75 Å². The van der Waals surface area contributed by atoms with Crippen LogP contribution in [0.2, 0.25) is 0 Å². The van der Waals surface area contributed by atoms with Crippen LogP contribution < -0.4 is 10.1 Å². The molecule has 2 amide bonds. The number of rotatable bonds is 7. The zero-order chi connectivity index (χ0) is 18.4. The topological polar surface area (TPSA) is 67.9 Å². The maximum absolute atomic E-state index is 12.4. The summed E-state index contributed by atoms with van der Waals surface area (Å²) < 4.78 is 10.5. The Balaban J connectivity index is 2.47. The van der Waals surface area contributed by atoms with Crippen LogP contribution in [0.15, 0.2) is 60.8 Å². The SMILES string of the molecule is C=CCOc1cccc([C@H]2NC(=O)N(CC=C)C(C)=C2C(=O)OC)c1. The Kier molecular flexibility index (Phi) is 6.00. The number of nitrogens with zero attached hydrogens (tertiary/aromatic N) is 1. The lowest BCUT2D eigenvalue weighted by Gasteiger charge is -2.34. The van der Waals surface area contributed by atoms with E-state index in [1.165, 1.54) is 12.0 Å². The van der Waals surface area contributed by atoms with Gasteiger partial charge in [0, 0.05) is 12.2 Å². The van der Waals surface area contributed by atoms with Gasteiger partial charge in [0.05, 0.1) is 18.7 Å². The van der Waals surface area contributed by atoms with Gasteiger partial charge in [0.15, 0.2) is 0 Å². The predicted molar refractivity (Wildman–Crippen MR) is 95.0 cm³/mol. The molecule has 1 aliphatic heterocycles. The first-order valence-corrected chi connectivity index (χ1v) is 7.85. The molecule has 25 heavy (non-hydrogen) atoms. The van der Waals surface area contributed by atoms with E-state index in [0.29, 0.717) is 30.2 Å². The fourth-order valence-corrected chi connectivity index (χ4v) is 2.69. The van der Waals surface area contributed by atoms with Gasteiger partial charge in [-0.2, -0.15) is 0 Å². The lowest BCUT2D eigenvalue weighted by Crippen LogP contribution is -2.48. The fraction of sp³-hybridized carbons (Fsp3) is 0.263. The number of esters is 1. The third-order valence-electron chi connectivity index (χ3n) is 3.87. The Bertz CT molecular complexity index is 724. The highest BCUT2D eigenvalue weighted by molar-refractivity contribution is 5.95. The average molecular weight is 342 g/mol. The third kappa shape index (κ3) is 3.91. The van der Waals surface area contributed by atoms with Gasteiger partial charge >= 0.3 is 12.0 Å². The van der Waals surface area contributed by atoms with E-state index >= 15 is 0 Å². The van der Waals surface area contributed by atoms with Gasteiger partial charge in [-0.25, -0.2) is 9.59 Å². The number of allylic oxidation sites excluding steroid dienone is 1. The molecular weight excluding hydrogens is 320 g/mol. The number of hydrogen-bond acceptors (Lipinski definition) is 4. The molecule has 6 heteroatoms. The van der Waals surface area contributed by atoms with Crippen LogP contribution in [-0.2, 0) is 9.53 Å². The van der Waals surface area contributed by atoms with E-state index in [2.05, 4.69) is 18.5 Å². The maximum atomic E-state index is 12.4. The van der Waals surface area contributed by atoms with Crippen LogP contribution in [0.5, 0.6) is 5.75 Å². The van der Waals surface area contributed by atoms with E-state index in [0.717, 1.165) is 5.56 Å². The second kappa shape index (κ2) is 8.19. The number of amides is 2. The Labute approximate surface area is 147 Å². The van der Waals surface area contributed by atoms with E-state index in [1.807, 2.05) is 6.07 Å². The van der Waals surface area contributed by atoms with Crippen molar-refractivity contribution < 1.29 is 19.1 Å². The Hall–Kier alpha value is -3.02. The van der Waals surface area contributed by atoms with Crippen molar-refractivity contribution in [2.75, 3.05) is 20.3 Å². The van der Waals surface area contributed by atoms with Gasteiger partial charge in [-0.15, -0.1) is 6.58 Å². The Morgan fingerprint density at radius 3 is 2.76 bits per heavy atom. The lowest BCUT2D eigenvalue weighted by molar-refractivity contribution is -0.136. The molecule has 0 radical (unpaired) electrons. The highest BCUT2D eigenvalue weighted by atomic mass is 16.5. The number of benzene rings is 1. The van der Waals surface area contributed by atoms with Crippen LogP contribution in [0, 0.1) is 0 Å². The summed E-state index contributed by atoms with van der Waals surface area (Å²) in [5.74, 6) is 0.135. The Morgan fingerprint density at radius 1 is 1.36 bits per heavy atom. The minimum atomic E-state index is -0.617. The van der Waals surface area contributed by atoms with Crippen molar-refractivity contribution >= 4 is 12.0 Å². The van der Waals surface area contributed by atoms with Crippen molar-refractivity contribution in [1.82, 2.24) is 10.2 Å². The molecule has 0 aliphatic carbocycles. The molecule has 1 aromatic carbocycles. The first-order valence-electron chi connectivity index (χ1n) is 7.85. The summed E-state index contributed by atoms with van der Waals surface area (Å²) >= 11 is 0. The zero-order valence-corrected chi connectivity index (χ0v) is 14.5. The summed E-state index contributed by atoms with van der Waals surface area (Å²) in [5, 5.41) is 2.85. The quantitative estimate of drug-likeness (QED) is 0.611.